The van der Waals surface area contributed by atoms with Crippen LogP contribution in [0.5, 0.6) is 5.75 Å². The van der Waals surface area contributed by atoms with Crippen molar-refractivity contribution in [1.29, 1.82) is 0 Å². The van der Waals surface area contributed by atoms with E-state index in [1.807, 2.05) is 6.92 Å². The summed E-state index contributed by atoms with van der Waals surface area (Å²) in [6.07, 6.45) is 3.37. The van der Waals surface area contributed by atoms with Crippen molar-refractivity contribution in [3.63, 3.8) is 0 Å². The molecule has 19 heavy (non-hydrogen) atoms. The molecule has 1 aliphatic carbocycles. The number of nitrogens with two attached hydrogens (primary N) is 1. The molecule has 6 heteroatoms. The topological polar surface area (TPSA) is 81.4 Å². The molecule has 1 fully saturated rings. The maximum absolute atomic E-state index is 12.3. The van der Waals surface area contributed by atoms with Crippen molar-refractivity contribution in [2.24, 2.45) is 5.92 Å². The molecule has 0 heterocycles. The van der Waals surface area contributed by atoms with E-state index in [0.29, 0.717) is 23.9 Å². The summed E-state index contributed by atoms with van der Waals surface area (Å²) in [5.41, 5.74) is 7.04. The Morgan fingerprint density at radius 2 is 2.11 bits per heavy atom. The molecule has 5 nitrogen and oxygen atoms in total. The highest BCUT2D eigenvalue weighted by Crippen LogP contribution is 2.30. The predicted molar refractivity (Wildman–Crippen MR) is 74.7 cm³/mol. The normalized spacial score (nSPS) is 16.1. The van der Waals surface area contributed by atoms with E-state index in [1.165, 1.54) is 19.6 Å². The Hall–Kier alpha value is -1.27. The number of methoxy groups -OCH3 is 1. The number of anilines is 1. The summed E-state index contributed by atoms with van der Waals surface area (Å²) in [7, 11) is -2.11. The van der Waals surface area contributed by atoms with E-state index in [-0.39, 0.29) is 4.90 Å². The van der Waals surface area contributed by atoms with Crippen molar-refractivity contribution in [1.82, 2.24) is 4.72 Å². The van der Waals surface area contributed by atoms with E-state index in [9.17, 15) is 8.42 Å². The first-order chi connectivity index (χ1) is 8.94. The number of nitrogen functional groups attached to an aromatic ring is 1. The van der Waals surface area contributed by atoms with Gasteiger partial charge in [0, 0.05) is 12.2 Å². The lowest BCUT2D eigenvalue weighted by molar-refractivity contribution is 0.316. The minimum Gasteiger partial charge on any atom is -0.495 e. The Labute approximate surface area is 114 Å². The largest absolute Gasteiger partial charge is 0.495 e. The lowest BCUT2D eigenvalue weighted by atomic mass is 9.86. The monoisotopic (exact) mass is 284 g/mol. The molecule has 0 aliphatic heterocycles. The lowest BCUT2D eigenvalue weighted by Crippen LogP contribution is -2.32. The van der Waals surface area contributed by atoms with Gasteiger partial charge in [0.15, 0.2) is 0 Å². The summed E-state index contributed by atoms with van der Waals surface area (Å²) in [6.45, 7) is 2.30. The van der Waals surface area contributed by atoms with Crippen LogP contribution in [0.2, 0.25) is 0 Å². The summed E-state index contributed by atoms with van der Waals surface area (Å²) >= 11 is 0. The Morgan fingerprint density at radius 3 is 2.63 bits per heavy atom. The molecule has 0 radical (unpaired) electrons. The Bertz CT molecular complexity index is 565. The maximum Gasteiger partial charge on any atom is 0.244 e. The smallest absolute Gasteiger partial charge is 0.244 e. The van der Waals surface area contributed by atoms with E-state index in [1.54, 1.807) is 6.07 Å². The molecule has 0 spiro atoms. The van der Waals surface area contributed by atoms with Crippen molar-refractivity contribution >= 4 is 15.7 Å². The van der Waals surface area contributed by atoms with Crippen molar-refractivity contribution in [2.45, 2.75) is 31.1 Å². The average Bonchev–Trinajstić information content (AvgIpc) is 2.29. The molecular weight excluding hydrogens is 264 g/mol. The van der Waals surface area contributed by atoms with E-state index in [2.05, 4.69) is 4.72 Å². The first kappa shape index (κ1) is 14.1. The number of hydrogen-bond acceptors (Lipinski definition) is 4. The SMILES string of the molecule is COc1cc(C)c(N)cc1S(=O)(=O)NCC1CCC1. The Kier molecular flexibility index (Phi) is 4.01. The van der Waals surface area contributed by atoms with E-state index < -0.39 is 10.0 Å². The van der Waals surface area contributed by atoms with Gasteiger partial charge in [0.1, 0.15) is 10.6 Å². The van der Waals surface area contributed by atoms with Gasteiger partial charge in [0.2, 0.25) is 10.0 Å². The first-order valence-electron chi connectivity index (χ1n) is 6.38. The minimum atomic E-state index is -3.57. The molecule has 0 bridgehead atoms. The molecule has 1 aromatic carbocycles. The molecule has 0 atom stereocenters. The van der Waals surface area contributed by atoms with Crippen LogP contribution in [-0.2, 0) is 10.0 Å². The third kappa shape index (κ3) is 3.01. The van der Waals surface area contributed by atoms with Gasteiger partial charge in [0.25, 0.3) is 0 Å². The molecule has 1 aliphatic rings. The van der Waals surface area contributed by atoms with Gasteiger partial charge < -0.3 is 10.5 Å². The molecule has 0 aromatic heterocycles. The van der Waals surface area contributed by atoms with Gasteiger partial charge in [-0.15, -0.1) is 0 Å². The van der Waals surface area contributed by atoms with Crippen LogP contribution in [-0.4, -0.2) is 22.1 Å². The number of rotatable bonds is 5. The standard InChI is InChI=1S/C13H20N2O3S/c1-9-6-12(18-2)13(7-11(9)14)19(16,17)15-8-10-4-3-5-10/h6-7,10,15H,3-5,8,14H2,1-2H3. The second-order valence-corrected chi connectivity index (χ2v) is 6.74. The maximum atomic E-state index is 12.3. The van der Waals surface area contributed by atoms with Crippen molar-refractivity contribution in [3.05, 3.63) is 17.7 Å². The summed E-state index contributed by atoms with van der Waals surface area (Å²) in [4.78, 5) is 0.109. The highest BCUT2D eigenvalue weighted by atomic mass is 32.2. The fourth-order valence-corrected chi connectivity index (χ4v) is 3.35. The van der Waals surface area contributed by atoms with Crippen molar-refractivity contribution in [2.75, 3.05) is 19.4 Å². The second kappa shape index (κ2) is 5.38. The fourth-order valence-electron chi connectivity index (χ4n) is 2.05. The predicted octanol–water partition coefficient (Wildman–Crippen LogP) is 1.66. The molecule has 1 saturated carbocycles. The van der Waals surface area contributed by atoms with Gasteiger partial charge in [-0.1, -0.05) is 6.42 Å². The van der Waals surface area contributed by atoms with Crippen LogP contribution < -0.4 is 15.2 Å². The molecule has 0 saturated heterocycles. The first-order valence-corrected chi connectivity index (χ1v) is 7.86. The Balaban J connectivity index is 2.25. The van der Waals surface area contributed by atoms with Crippen molar-refractivity contribution < 1.29 is 13.2 Å². The summed E-state index contributed by atoms with van der Waals surface area (Å²) in [5, 5.41) is 0. The van der Waals surface area contributed by atoms with E-state index in [4.69, 9.17) is 10.5 Å². The van der Waals surface area contributed by atoms with Gasteiger partial charge in [-0.2, -0.15) is 0 Å². The zero-order chi connectivity index (χ0) is 14.0. The van der Waals surface area contributed by atoms with Crippen LogP contribution in [0.25, 0.3) is 0 Å². The van der Waals surface area contributed by atoms with Crippen LogP contribution in [0.4, 0.5) is 5.69 Å². The molecule has 2 rings (SSSR count). The lowest BCUT2D eigenvalue weighted by Gasteiger charge is -2.25. The summed E-state index contributed by atoms with van der Waals surface area (Å²) < 4.78 is 32.3. The zero-order valence-corrected chi connectivity index (χ0v) is 12.1. The summed E-state index contributed by atoms with van der Waals surface area (Å²) in [5.74, 6) is 0.788. The molecule has 106 valence electrons. The van der Waals surface area contributed by atoms with Crippen LogP contribution in [0.3, 0.4) is 0 Å². The number of benzene rings is 1. The van der Waals surface area contributed by atoms with Gasteiger partial charge >= 0.3 is 0 Å². The number of sulfonamides is 1. The van der Waals surface area contributed by atoms with E-state index in [0.717, 1.165) is 18.4 Å². The summed E-state index contributed by atoms with van der Waals surface area (Å²) in [6, 6.07) is 3.10. The minimum absolute atomic E-state index is 0.109. The highest BCUT2D eigenvalue weighted by molar-refractivity contribution is 7.89. The van der Waals surface area contributed by atoms with Crippen molar-refractivity contribution in [3.8, 4) is 5.75 Å². The van der Waals surface area contributed by atoms with Gasteiger partial charge in [0.05, 0.1) is 7.11 Å². The van der Waals surface area contributed by atoms with Gasteiger partial charge in [-0.25, -0.2) is 13.1 Å². The number of hydrogen-bond donors (Lipinski definition) is 2. The molecule has 3 N–H and O–H groups in total. The van der Waals surface area contributed by atoms with Crippen LogP contribution in [0, 0.1) is 12.8 Å². The molecule has 0 unspecified atom stereocenters. The molecule has 0 amide bonds. The number of ether oxygens (including phenoxy) is 1. The quantitative estimate of drug-likeness (QED) is 0.806. The van der Waals surface area contributed by atoms with Gasteiger partial charge in [-0.05, 0) is 43.4 Å². The van der Waals surface area contributed by atoms with Crippen LogP contribution in [0.1, 0.15) is 24.8 Å². The molecule has 1 aromatic rings. The zero-order valence-electron chi connectivity index (χ0n) is 11.3. The van der Waals surface area contributed by atoms with E-state index >= 15 is 0 Å². The highest BCUT2D eigenvalue weighted by Gasteiger charge is 2.24. The third-order valence-corrected chi connectivity index (χ3v) is 5.07. The Morgan fingerprint density at radius 1 is 1.42 bits per heavy atom. The second-order valence-electron chi connectivity index (χ2n) is 5.01. The van der Waals surface area contributed by atoms with Crippen LogP contribution in [0.15, 0.2) is 17.0 Å². The third-order valence-electron chi connectivity index (χ3n) is 3.63. The number of aryl methyl sites for hydroxylation is 1. The fraction of sp³-hybridized carbons (Fsp3) is 0.538. The van der Waals surface area contributed by atoms with Gasteiger partial charge in [-0.3, -0.25) is 0 Å². The molecular formula is C13H20N2O3S. The average molecular weight is 284 g/mol. The number of nitrogens with one attached hydrogen (secondary N) is 1. The van der Waals surface area contributed by atoms with Crippen LogP contribution >= 0.6 is 0 Å².